The molecule has 6 saturated carbocycles. The topological polar surface area (TPSA) is 15.3 Å². The summed E-state index contributed by atoms with van der Waals surface area (Å²) in [5, 5.41) is 6.07. The zero-order chi connectivity index (χ0) is 27.2. The van der Waals surface area contributed by atoms with Gasteiger partial charge in [-0.15, -0.1) is 0 Å². The molecule has 2 saturated heterocycles. The van der Waals surface area contributed by atoms with Crippen LogP contribution in [0.1, 0.15) is 148 Å². The lowest BCUT2D eigenvalue weighted by atomic mass is 9.64. The Balaban J connectivity index is 1.01. The Hall–Kier alpha value is 0.270. The van der Waals surface area contributed by atoms with Crippen LogP contribution in [0, 0.1) is 47.3 Å². The van der Waals surface area contributed by atoms with Crippen LogP contribution in [0.3, 0.4) is 0 Å². The number of rotatable bonds is 6. The molecular formula is C38H64N2S. The van der Waals surface area contributed by atoms with Gasteiger partial charge in [0.2, 0.25) is 0 Å². The molecule has 3 heteroatoms. The molecule has 0 amide bonds. The van der Waals surface area contributed by atoms with E-state index in [1.165, 1.54) is 103 Å². The number of likely N-dealkylation sites (tertiary alicyclic amines) is 1. The summed E-state index contributed by atoms with van der Waals surface area (Å²) in [4.78, 5) is 3.42. The van der Waals surface area contributed by atoms with Crippen LogP contribution < -0.4 is 5.32 Å². The van der Waals surface area contributed by atoms with Crippen molar-refractivity contribution in [2.75, 3.05) is 13.1 Å². The van der Waals surface area contributed by atoms with Crippen molar-refractivity contribution in [2.24, 2.45) is 47.3 Å². The van der Waals surface area contributed by atoms with E-state index in [-0.39, 0.29) is 0 Å². The van der Waals surface area contributed by atoms with Gasteiger partial charge in [0, 0.05) is 28.6 Å². The Morgan fingerprint density at radius 2 is 1.22 bits per heavy atom. The van der Waals surface area contributed by atoms with E-state index in [2.05, 4.69) is 22.0 Å². The average molecular weight is 581 g/mol. The maximum Gasteiger partial charge on any atom is 0.0255 e. The van der Waals surface area contributed by atoms with Crippen molar-refractivity contribution in [3.8, 4) is 0 Å². The van der Waals surface area contributed by atoms with E-state index in [9.17, 15) is 0 Å². The fourth-order valence-corrected chi connectivity index (χ4v) is 15.4. The molecule has 232 valence electrons. The minimum Gasteiger partial charge on any atom is -0.316 e. The number of nitrogens with zero attached hydrogens (tertiary/aromatic N) is 1. The molecule has 1 N–H and O–H groups in total. The van der Waals surface area contributed by atoms with Crippen molar-refractivity contribution in [1.29, 1.82) is 0 Å². The third kappa shape index (κ3) is 5.75. The van der Waals surface area contributed by atoms with Crippen molar-refractivity contribution < 1.29 is 0 Å². The van der Waals surface area contributed by atoms with Crippen LogP contribution >= 0.6 is 11.8 Å². The lowest BCUT2D eigenvalue weighted by Gasteiger charge is -2.48. The quantitative estimate of drug-likeness (QED) is 0.337. The van der Waals surface area contributed by atoms with Gasteiger partial charge in [-0.1, -0.05) is 70.6 Å². The summed E-state index contributed by atoms with van der Waals surface area (Å²) in [6, 6.07) is 2.80. The molecule has 0 radical (unpaired) electrons. The second-order valence-corrected chi connectivity index (χ2v) is 18.4. The van der Waals surface area contributed by atoms with Gasteiger partial charge in [0.05, 0.1) is 0 Å². The predicted molar refractivity (Wildman–Crippen MR) is 175 cm³/mol. The molecule has 2 heterocycles. The molecule has 10 unspecified atom stereocenters. The van der Waals surface area contributed by atoms with Gasteiger partial charge in [0.25, 0.3) is 0 Å². The Bertz CT molecular complexity index is 849. The van der Waals surface area contributed by atoms with E-state index in [1.807, 2.05) is 0 Å². The summed E-state index contributed by atoms with van der Waals surface area (Å²) in [5.74, 6) is 8.30. The zero-order valence-electron chi connectivity index (χ0n) is 26.5. The Kier molecular flexibility index (Phi) is 9.07. The smallest absolute Gasteiger partial charge is 0.0255 e. The van der Waals surface area contributed by atoms with E-state index in [4.69, 9.17) is 0 Å². The normalized spacial score (nSPS) is 47.9. The maximum absolute atomic E-state index is 4.05. The largest absolute Gasteiger partial charge is 0.316 e. The van der Waals surface area contributed by atoms with Crippen molar-refractivity contribution in [2.45, 2.75) is 176 Å². The molecular weight excluding hydrogens is 516 g/mol. The molecule has 0 bridgehead atoms. The van der Waals surface area contributed by atoms with Crippen LogP contribution in [0.25, 0.3) is 0 Å². The van der Waals surface area contributed by atoms with E-state index in [0.29, 0.717) is 0 Å². The van der Waals surface area contributed by atoms with E-state index in [1.54, 1.807) is 57.8 Å². The maximum atomic E-state index is 4.05. The minimum absolute atomic E-state index is 0.903. The fraction of sp³-hybridized carbons (Fsp3) is 1.00. The van der Waals surface area contributed by atoms with Crippen LogP contribution in [0.5, 0.6) is 0 Å². The van der Waals surface area contributed by atoms with Crippen LogP contribution in [-0.2, 0) is 0 Å². The SMILES string of the molecule is C1CCC(CNC[C@H]2CCCC(N3C4CC(C5CCCCC5)CCC4C4CCC5C6CCCCC6SC5C43)C2)CC1. The Morgan fingerprint density at radius 1 is 0.512 bits per heavy atom. The molecule has 0 aromatic rings. The van der Waals surface area contributed by atoms with Gasteiger partial charge in [-0.2, -0.15) is 11.8 Å². The van der Waals surface area contributed by atoms with Crippen molar-refractivity contribution in [3.63, 3.8) is 0 Å². The van der Waals surface area contributed by atoms with Crippen molar-refractivity contribution >= 4 is 11.8 Å². The van der Waals surface area contributed by atoms with E-state index < -0.39 is 0 Å². The highest BCUT2D eigenvalue weighted by molar-refractivity contribution is 8.00. The summed E-state index contributed by atoms with van der Waals surface area (Å²) in [6.45, 7) is 2.63. The van der Waals surface area contributed by atoms with Gasteiger partial charge in [0.15, 0.2) is 0 Å². The molecule has 2 aliphatic heterocycles. The van der Waals surface area contributed by atoms with Crippen molar-refractivity contribution in [1.82, 2.24) is 10.2 Å². The minimum atomic E-state index is 0.903. The lowest BCUT2D eigenvalue weighted by Crippen LogP contribution is -2.54. The number of nitrogens with one attached hydrogen (secondary N) is 1. The molecule has 0 spiro atoms. The number of thioether (sulfide) groups is 1. The van der Waals surface area contributed by atoms with Crippen LogP contribution in [0.4, 0.5) is 0 Å². The Morgan fingerprint density at radius 3 is 2.10 bits per heavy atom. The second kappa shape index (κ2) is 12.9. The molecule has 6 aliphatic carbocycles. The fourth-order valence-electron chi connectivity index (χ4n) is 13.1. The first-order valence-corrected chi connectivity index (χ1v) is 20.4. The highest BCUT2D eigenvalue weighted by Gasteiger charge is 2.61. The van der Waals surface area contributed by atoms with Gasteiger partial charge in [-0.25, -0.2) is 0 Å². The molecule has 0 aromatic heterocycles. The van der Waals surface area contributed by atoms with Gasteiger partial charge in [0.1, 0.15) is 0 Å². The first-order chi connectivity index (χ1) is 20.3. The molecule has 0 aromatic carbocycles. The van der Waals surface area contributed by atoms with Gasteiger partial charge < -0.3 is 5.32 Å². The first-order valence-electron chi connectivity index (χ1n) is 19.5. The lowest BCUT2D eigenvalue weighted by molar-refractivity contribution is 0.0262. The third-order valence-electron chi connectivity index (χ3n) is 14.9. The van der Waals surface area contributed by atoms with Gasteiger partial charge in [-0.3, -0.25) is 4.90 Å². The van der Waals surface area contributed by atoms with E-state index >= 15 is 0 Å². The van der Waals surface area contributed by atoms with Gasteiger partial charge in [-0.05, 0) is 137 Å². The standard InChI is InChI=1S/C38H64N2S/c1-3-10-26(11-4-1)24-39-25-27-12-9-15-30(22-27)40-35-23-29(28-13-5-2-6-14-28)18-19-31(35)33-20-21-34-32-16-7-8-17-36(32)41-38(34)37(33)40/h26-39H,1-25H2/t27-,29?,30?,31?,32?,33?,34?,35?,36?,37?,38?/m0/s1. The number of fused-ring (bicyclic) bond motifs is 7. The summed E-state index contributed by atoms with van der Waals surface area (Å²) < 4.78 is 0. The molecule has 41 heavy (non-hydrogen) atoms. The molecule has 11 atom stereocenters. The highest BCUT2D eigenvalue weighted by Crippen LogP contribution is 2.62. The number of hydrogen-bond acceptors (Lipinski definition) is 3. The Labute approximate surface area is 258 Å². The summed E-state index contributed by atoms with van der Waals surface area (Å²) in [6.07, 6.45) is 35.4. The molecule has 8 fully saturated rings. The summed E-state index contributed by atoms with van der Waals surface area (Å²) in [7, 11) is 0. The summed E-state index contributed by atoms with van der Waals surface area (Å²) >= 11 is 2.57. The van der Waals surface area contributed by atoms with Crippen LogP contribution in [0.15, 0.2) is 0 Å². The van der Waals surface area contributed by atoms with Crippen molar-refractivity contribution in [3.05, 3.63) is 0 Å². The summed E-state index contributed by atoms with van der Waals surface area (Å²) in [5.41, 5.74) is 0. The van der Waals surface area contributed by atoms with E-state index in [0.717, 1.165) is 76.0 Å². The average Bonchev–Trinajstić information content (AvgIpc) is 3.58. The predicted octanol–water partition coefficient (Wildman–Crippen LogP) is 9.46. The monoisotopic (exact) mass is 580 g/mol. The van der Waals surface area contributed by atoms with Crippen LogP contribution in [0.2, 0.25) is 0 Å². The second-order valence-electron chi connectivity index (χ2n) is 17.0. The van der Waals surface area contributed by atoms with Crippen LogP contribution in [-0.4, -0.2) is 46.6 Å². The highest BCUT2D eigenvalue weighted by atomic mass is 32.2. The molecule has 8 aliphatic rings. The zero-order valence-corrected chi connectivity index (χ0v) is 27.4. The van der Waals surface area contributed by atoms with Gasteiger partial charge >= 0.3 is 0 Å². The third-order valence-corrected chi connectivity index (χ3v) is 16.8. The first kappa shape index (κ1) is 28.7. The molecule has 8 rings (SSSR count). The molecule has 2 nitrogen and oxygen atoms in total. The number of hydrogen-bond donors (Lipinski definition) is 1.